The van der Waals surface area contributed by atoms with E-state index in [1.54, 1.807) is 27.7 Å². The molecule has 5 heteroatoms. The van der Waals surface area contributed by atoms with Crippen LogP contribution in [0.4, 0.5) is 4.79 Å². The van der Waals surface area contributed by atoms with Gasteiger partial charge in [-0.25, -0.2) is 9.59 Å². The van der Waals surface area contributed by atoms with Gasteiger partial charge in [-0.3, -0.25) is 4.90 Å². The zero-order valence-electron chi connectivity index (χ0n) is 13.2. The van der Waals surface area contributed by atoms with Crippen LogP contribution in [0.1, 0.15) is 59.8 Å². The number of carboxylic acids is 1. The average molecular weight is 285 g/mol. The Morgan fingerprint density at radius 2 is 1.60 bits per heavy atom. The fourth-order valence-corrected chi connectivity index (χ4v) is 2.78. The molecule has 1 fully saturated rings. The summed E-state index contributed by atoms with van der Waals surface area (Å²) in [4.78, 5) is 25.2. The van der Waals surface area contributed by atoms with Crippen molar-refractivity contribution in [2.24, 2.45) is 5.92 Å². The number of nitrogens with zero attached hydrogens (tertiary/aromatic N) is 1. The summed E-state index contributed by atoms with van der Waals surface area (Å²) in [5, 5.41) is 9.65. The minimum Gasteiger partial charge on any atom is -0.479 e. The Morgan fingerprint density at radius 1 is 1.10 bits per heavy atom. The molecule has 0 aromatic rings. The lowest BCUT2D eigenvalue weighted by Crippen LogP contribution is -2.59. The fraction of sp³-hybridized carbons (Fsp3) is 0.867. The van der Waals surface area contributed by atoms with Gasteiger partial charge in [-0.2, -0.15) is 0 Å². The SMILES string of the molecule is CN(C(=O)OC(C)(C)C)C(C)(C(=O)O)C1CCCCC1. The second-order valence-electron chi connectivity index (χ2n) is 6.83. The second-order valence-corrected chi connectivity index (χ2v) is 6.83. The molecule has 0 radical (unpaired) electrons. The normalized spacial score (nSPS) is 20.1. The highest BCUT2D eigenvalue weighted by atomic mass is 16.6. The van der Waals surface area contributed by atoms with Crippen molar-refractivity contribution < 1.29 is 19.4 Å². The Bertz CT molecular complexity index is 369. The molecule has 1 aliphatic rings. The first-order valence-electron chi connectivity index (χ1n) is 7.29. The highest BCUT2D eigenvalue weighted by Crippen LogP contribution is 2.36. The predicted molar refractivity (Wildman–Crippen MR) is 76.6 cm³/mol. The predicted octanol–water partition coefficient (Wildman–Crippen LogP) is 3.28. The summed E-state index contributed by atoms with van der Waals surface area (Å²) >= 11 is 0. The summed E-state index contributed by atoms with van der Waals surface area (Å²) in [6.07, 6.45) is 4.30. The van der Waals surface area contributed by atoms with Crippen LogP contribution in [0, 0.1) is 5.92 Å². The third kappa shape index (κ3) is 3.64. The summed E-state index contributed by atoms with van der Waals surface area (Å²) in [7, 11) is 1.52. The molecule has 0 spiro atoms. The van der Waals surface area contributed by atoms with E-state index in [0.717, 1.165) is 32.1 Å². The number of hydrogen-bond donors (Lipinski definition) is 1. The van der Waals surface area contributed by atoms with Crippen LogP contribution >= 0.6 is 0 Å². The number of carbonyl (C=O) groups is 2. The second kappa shape index (κ2) is 6.02. The molecular weight excluding hydrogens is 258 g/mol. The Morgan fingerprint density at radius 3 is 2.00 bits per heavy atom. The maximum Gasteiger partial charge on any atom is 0.410 e. The molecule has 1 atom stereocenters. The van der Waals surface area contributed by atoms with Gasteiger partial charge in [0.2, 0.25) is 0 Å². The van der Waals surface area contributed by atoms with Crippen LogP contribution in [0.2, 0.25) is 0 Å². The van der Waals surface area contributed by atoms with Gasteiger partial charge in [-0.05, 0) is 46.5 Å². The number of likely N-dealkylation sites (N-methyl/N-ethyl adjacent to an activating group) is 1. The van der Waals surface area contributed by atoms with E-state index in [9.17, 15) is 14.7 Å². The lowest BCUT2D eigenvalue weighted by atomic mass is 9.75. The van der Waals surface area contributed by atoms with Crippen molar-refractivity contribution >= 4 is 12.1 Å². The van der Waals surface area contributed by atoms with Crippen LogP contribution in [-0.4, -0.2) is 40.3 Å². The number of carbonyl (C=O) groups excluding carboxylic acids is 1. The Balaban J connectivity index is 2.94. The van der Waals surface area contributed by atoms with Crippen LogP contribution in [-0.2, 0) is 9.53 Å². The first-order valence-corrected chi connectivity index (χ1v) is 7.29. The van der Waals surface area contributed by atoms with Gasteiger partial charge in [-0.1, -0.05) is 19.3 Å². The molecular formula is C15H27NO4. The molecule has 1 N–H and O–H groups in total. The van der Waals surface area contributed by atoms with Gasteiger partial charge in [-0.15, -0.1) is 0 Å². The third-order valence-electron chi connectivity index (χ3n) is 4.20. The lowest BCUT2D eigenvalue weighted by Gasteiger charge is -2.43. The average Bonchev–Trinajstić information content (AvgIpc) is 2.35. The maximum atomic E-state index is 12.2. The summed E-state index contributed by atoms with van der Waals surface area (Å²) < 4.78 is 5.31. The molecule has 0 bridgehead atoms. The zero-order chi connectivity index (χ0) is 15.6. The van der Waals surface area contributed by atoms with E-state index in [1.807, 2.05) is 0 Å². The standard InChI is InChI=1S/C15H27NO4/c1-14(2,3)20-13(19)16(5)15(4,12(17)18)11-9-7-6-8-10-11/h11H,6-10H2,1-5H3,(H,17,18). The van der Waals surface area contributed by atoms with E-state index in [1.165, 1.54) is 11.9 Å². The molecule has 0 saturated heterocycles. The van der Waals surface area contributed by atoms with Gasteiger partial charge in [0, 0.05) is 7.05 Å². The molecule has 20 heavy (non-hydrogen) atoms. The van der Waals surface area contributed by atoms with Crippen molar-refractivity contribution in [3.8, 4) is 0 Å². The summed E-state index contributed by atoms with van der Waals surface area (Å²) in [6.45, 7) is 6.96. The summed E-state index contributed by atoms with van der Waals surface area (Å²) in [5.41, 5.74) is -1.83. The summed E-state index contributed by atoms with van der Waals surface area (Å²) in [5.74, 6) is -0.982. The smallest absolute Gasteiger partial charge is 0.410 e. The van der Waals surface area contributed by atoms with Crippen molar-refractivity contribution in [3.05, 3.63) is 0 Å². The molecule has 0 aromatic heterocycles. The van der Waals surface area contributed by atoms with Crippen LogP contribution in [0.15, 0.2) is 0 Å². The number of carboxylic acid groups (broad SMARTS) is 1. The summed E-state index contributed by atoms with van der Waals surface area (Å²) in [6, 6.07) is 0. The van der Waals surface area contributed by atoms with Gasteiger partial charge >= 0.3 is 12.1 Å². The highest BCUT2D eigenvalue weighted by Gasteiger charge is 2.48. The topological polar surface area (TPSA) is 66.8 Å². The number of hydrogen-bond acceptors (Lipinski definition) is 3. The Hall–Kier alpha value is -1.26. The van der Waals surface area contributed by atoms with E-state index in [-0.39, 0.29) is 5.92 Å². The molecule has 1 amide bonds. The molecule has 0 aromatic carbocycles. The minimum atomic E-state index is -1.21. The van der Waals surface area contributed by atoms with Gasteiger partial charge in [0.25, 0.3) is 0 Å². The van der Waals surface area contributed by atoms with Crippen LogP contribution < -0.4 is 0 Å². The van der Waals surface area contributed by atoms with Crippen molar-refractivity contribution in [1.82, 2.24) is 4.90 Å². The number of ether oxygens (including phenoxy) is 1. The molecule has 5 nitrogen and oxygen atoms in total. The Kier molecular flexibility index (Phi) is 5.05. The molecule has 1 aliphatic carbocycles. The lowest BCUT2D eigenvalue weighted by molar-refractivity contribution is -0.154. The van der Waals surface area contributed by atoms with Crippen molar-refractivity contribution in [2.45, 2.75) is 70.9 Å². The van der Waals surface area contributed by atoms with Crippen molar-refractivity contribution in [2.75, 3.05) is 7.05 Å². The van der Waals surface area contributed by atoms with E-state index in [4.69, 9.17) is 4.74 Å². The van der Waals surface area contributed by atoms with Gasteiger partial charge in [0.15, 0.2) is 0 Å². The fourth-order valence-electron chi connectivity index (χ4n) is 2.78. The molecule has 1 unspecified atom stereocenters. The molecule has 0 heterocycles. The Labute approximate surface area is 121 Å². The van der Waals surface area contributed by atoms with Crippen LogP contribution in [0.25, 0.3) is 0 Å². The van der Waals surface area contributed by atoms with E-state index >= 15 is 0 Å². The first kappa shape index (κ1) is 16.8. The number of aliphatic carboxylic acids is 1. The maximum absolute atomic E-state index is 12.2. The number of rotatable bonds is 3. The quantitative estimate of drug-likeness (QED) is 0.864. The molecule has 116 valence electrons. The van der Waals surface area contributed by atoms with Crippen LogP contribution in [0.5, 0.6) is 0 Å². The van der Waals surface area contributed by atoms with E-state index < -0.39 is 23.2 Å². The first-order chi connectivity index (χ1) is 9.09. The minimum absolute atomic E-state index is 0.0220. The highest BCUT2D eigenvalue weighted by molar-refractivity contribution is 5.84. The van der Waals surface area contributed by atoms with Gasteiger partial charge in [0.1, 0.15) is 11.1 Å². The van der Waals surface area contributed by atoms with Crippen LogP contribution in [0.3, 0.4) is 0 Å². The van der Waals surface area contributed by atoms with E-state index in [0.29, 0.717) is 0 Å². The zero-order valence-corrected chi connectivity index (χ0v) is 13.2. The molecule has 1 rings (SSSR count). The van der Waals surface area contributed by atoms with Crippen molar-refractivity contribution in [3.63, 3.8) is 0 Å². The van der Waals surface area contributed by atoms with Gasteiger partial charge < -0.3 is 9.84 Å². The van der Waals surface area contributed by atoms with E-state index in [2.05, 4.69) is 0 Å². The molecule has 1 saturated carbocycles. The molecule has 0 aliphatic heterocycles. The monoisotopic (exact) mass is 285 g/mol. The number of amides is 1. The largest absolute Gasteiger partial charge is 0.479 e. The van der Waals surface area contributed by atoms with Gasteiger partial charge in [0.05, 0.1) is 0 Å². The third-order valence-corrected chi connectivity index (χ3v) is 4.20. The van der Waals surface area contributed by atoms with Crippen molar-refractivity contribution in [1.29, 1.82) is 0 Å².